The molecule has 0 saturated heterocycles. The molecular weight excluding hydrogens is 402 g/mol. The molecule has 0 radical (unpaired) electrons. The maximum atomic E-state index is 13.0. The minimum Gasteiger partial charge on any atom is -0.504 e. The van der Waals surface area contributed by atoms with Crippen LogP contribution < -0.4 is 15.0 Å². The number of aromatic hydroxyl groups is 1. The highest BCUT2D eigenvalue weighted by atomic mass is 16.5. The van der Waals surface area contributed by atoms with E-state index in [4.69, 9.17) is 4.74 Å². The zero-order valence-electron chi connectivity index (χ0n) is 18.5. The Labute approximate surface area is 189 Å². The van der Waals surface area contributed by atoms with Gasteiger partial charge in [-0.1, -0.05) is 36.4 Å². The van der Waals surface area contributed by atoms with Crippen LogP contribution in [0.3, 0.4) is 0 Å². The molecule has 6 heteroatoms. The van der Waals surface area contributed by atoms with Crippen molar-refractivity contribution in [3.05, 3.63) is 83.9 Å². The molecule has 1 aliphatic carbocycles. The van der Waals surface area contributed by atoms with Gasteiger partial charge < -0.3 is 25.0 Å². The second-order valence-electron chi connectivity index (χ2n) is 8.18. The van der Waals surface area contributed by atoms with Gasteiger partial charge in [-0.05, 0) is 60.4 Å². The van der Waals surface area contributed by atoms with E-state index >= 15 is 0 Å². The summed E-state index contributed by atoms with van der Waals surface area (Å²) < 4.78 is 5.19. The Morgan fingerprint density at radius 1 is 1.00 bits per heavy atom. The molecule has 0 heterocycles. The number of methoxy groups -OCH3 is 1. The lowest BCUT2D eigenvalue weighted by Gasteiger charge is -2.24. The lowest BCUT2D eigenvalue weighted by Crippen LogP contribution is -2.36. The van der Waals surface area contributed by atoms with E-state index < -0.39 is 0 Å². The van der Waals surface area contributed by atoms with Crippen LogP contribution in [-0.4, -0.2) is 36.2 Å². The summed E-state index contributed by atoms with van der Waals surface area (Å²) >= 11 is 0. The van der Waals surface area contributed by atoms with Gasteiger partial charge >= 0.3 is 6.03 Å². The van der Waals surface area contributed by atoms with Gasteiger partial charge in [0.25, 0.3) is 0 Å². The van der Waals surface area contributed by atoms with E-state index in [0.717, 1.165) is 36.3 Å². The van der Waals surface area contributed by atoms with Crippen LogP contribution in [0.25, 0.3) is 0 Å². The Balaban J connectivity index is 1.39. The summed E-state index contributed by atoms with van der Waals surface area (Å²) in [7, 11) is 3.58. The number of nitrogens with one attached hydrogen (secondary N) is 1. The molecule has 1 fully saturated rings. The Morgan fingerprint density at radius 2 is 1.72 bits per heavy atom. The number of phenols is 1. The van der Waals surface area contributed by atoms with Gasteiger partial charge in [-0.2, -0.15) is 0 Å². The SMILES string of the molecule is COc1cc(CN(C(=O)Nc2ccc(N(C)Cc3ccccc3)cc2)C2CC2)ccc1O. The number of hydrogen-bond acceptors (Lipinski definition) is 4. The highest BCUT2D eigenvalue weighted by molar-refractivity contribution is 5.90. The smallest absolute Gasteiger partial charge is 0.322 e. The van der Waals surface area contributed by atoms with Crippen LogP contribution in [0.1, 0.15) is 24.0 Å². The summed E-state index contributed by atoms with van der Waals surface area (Å²) in [6, 6.07) is 23.5. The lowest BCUT2D eigenvalue weighted by atomic mass is 10.2. The van der Waals surface area contributed by atoms with Crippen molar-refractivity contribution >= 4 is 17.4 Å². The van der Waals surface area contributed by atoms with Gasteiger partial charge in [-0.3, -0.25) is 0 Å². The molecular formula is C26H29N3O3. The summed E-state index contributed by atoms with van der Waals surface area (Å²) in [5, 5.41) is 12.8. The fourth-order valence-electron chi connectivity index (χ4n) is 3.71. The molecule has 0 aliphatic heterocycles. The average molecular weight is 432 g/mol. The molecule has 1 saturated carbocycles. The fourth-order valence-corrected chi connectivity index (χ4v) is 3.71. The number of rotatable bonds is 8. The van der Waals surface area contributed by atoms with E-state index in [1.165, 1.54) is 12.7 Å². The highest BCUT2D eigenvalue weighted by Crippen LogP contribution is 2.32. The summed E-state index contributed by atoms with van der Waals surface area (Å²) in [5.74, 6) is 0.505. The molecule has 2 N–H and O–H groups in total. The summed E-state index contributed by atoms with van der Waals surface area (Å²) in [6.07, 6.45) is 2.01. The molecule has 0 aromatic heterocycles. The molecule has 0 bridgehead atoms. The van der Waals surface area contributed by atoms with Crippen LogP contribution in [0.2, 0.25) is 0 Å². The number of hydrogen-bond donors (Lipinski definition) is 2. The molecule has 0 spiro atoms. The number of carbonyl (C=O) groups excluding carboxylic acids is 1. The summed E-state index contributed by atoms with van der Waals surface area (Å²) in [4.78, 5) is 17.0. The highest BCUT2D eigenvalue weighted by Gasteiger charge is 2.32. The second kappa shape index (κ2) is 9.64. The van der Waals surface area contributed by atoms with E-state index in [0.29, 0.717) is 12.3 Å². The van der Waals surface area contributed by atoms with Crippen molar-refractivity contribution in [3.63, 3.8) is 0 Å². The largest absolute Gasteiger partial charge is 0.504 e. The summed E-state index contributed by atoms with van der Waals surface area (Å²) in [6.45, 7) is 1.28. The van der Waals surface area contributed by atoms with Crippen molar-refractivity contribution in [1.29, 1.82) is 0 Å². The van der Waals surface area contributed by atoms with Crippen molar-refractivity contribution in [2.75, 3.05) is 24.4 Å². The number of phenolic OH excluding ortho intramolecular Hbond substituents is 1. The minimum atomic E-state index is -0.120. The quantitative estimate of drug-likeness (QED) is 0.512. The number of urea groups is 1. The van der Waals surface area contributed by atoms with Crippen LogP contribution >= 0.6 is 0 Å². The maximum absolute atomic E-state index is 13.0. The Hall–Kier alpha value is -3.67. The van der Waals surface area contributed by atoms with E-state index in [1.807, 2.05) is 53.4 Å². The zero-order chi connectivity index (χ0) is 22.5. The van der Waals surface area contributed by atoms with Gasteiger partial charge in [0.1, 0.15) is 0 Å². The van der Waals surface area contributed by atoms with Gasteiger partial charge in [0, 0.05) is 37.6 Å². The summed E-state index contributed by atoms with van der Waals surface area (Å²) in [5.41, 5.74) is 4.01. The van der Waals surface area contributed by atoms with E-state index in [2.05, 4.69) is 29.4 Å². The molecule has 4 rings (SSSR count). The van der Waals surface area contributed by atoms with Crippen LogP contribution in [0.15, 0.2) is 72.8 Å². The third-order valence-electron chi connectivity index (χ3n) is 5.67. The molecule has 0 unspecified atom stereocenters. The molecule has 0 atom stereocenters. The van der Waals surface area contributed by atoms with Crippen molar-refractivity contribution in [1.82, 2.24) is 4.90 Å². The zero-order valence-corrected chi connectivity index (χ0v) is 18.5. The molecule has 32 heavy (non-hydrogen) atoms. The predicted octanol–water partition coefficient (Wildman–Crippen LogP) is 5.23. The Kier molecular flexibility index (Phi) is 6.50. The minimum absolute atomic E-state index is 0.0935. The van der Waals surface area contributed by atoms with E-state index in [9.17, 15) is 9.90 Å². The number of benzene rings is 3. The van der Waals surface area contributed by atoms with E-state index in [1.54, 1.807) is 12.1 Å². The Morgan fingerprint density at radius 3 is 2.38 bits per heavy atom. The molecule has 6 nitrogen and oxygen atoms in total. The molecule has 2 amide bonds. The maximum Gasteiger partial charge on any atom is 0.322 e. The van der Waals surface area contributed by atoms with Gasteiger partial charge in [0.15, 0.2) is 11.5 Å². The van der Waals surface area contributed by atoms with Gasteiger partial charge in [0.05, 0.1) is 7.11 Å². The lowest BCUT2D eigenvalue weighted by molar-refractivity contribution is 0.206. The van der Waals surface area contributed by atoms with Crippen LogP contribution in [0, 0.1) is 0 Å². The van der Waals surface area contributed by atoms with Crippen LogP contribution in [0.5, 0.6) is 11.5 Å². The van der Waals surface area contributed by atoms with Gasteiger partial charge in [0.2, 0.25) is 0 Å². The molecule has 3 aromatic rings. The fraction of sp³-hybridized carbons (Fsp3) is 0.269. The second-order valence-corrected chi connectivity index (χ2v) is 8.18. The van der Waals surface area contributed by atoms with Crippen molar-refractivity contribution < 1.29 is 14.6 Å². The topological polar surface area (TPSA) is 65.0 Å². The monoisotopic (exact) mass is 431 g/mol. The van der Waals surface area contributed by atoms with Crippen molar-refractivity contribution in [3.8, 4) is 11.5 Å². The van der Waals surface area contributed by atoms with E-state index in [-0.39, 0.29) is 17.8 Å². The Bertz CT molecular complexity index is 1050. The average Bonchev–Trinajstić information content (AvgIpc) is 3.64. The molecule has 1 aliphatic rings. The molecule has 3 aromatic carbocycles. The van der Waals surface area contributed by atoms with Crippen LogP contribution in [0.4, 0.5) is 16.2 Å². The van der Waals surface area contributed by atoms with Crippen molar-refractivity contribution in [2.45, 2.75) is 32.0 Å². The number of amides is 2. The first kappa shape index (κ1) is 21.6. The number of carbonyl (C=O) groups is 1. The van der Waals surface area contributed by atoms with Crippen molar-refractivity contribution in [2.24, 2.45) is 0 Å². The third kappa shape index (κ3) is 5.32. The van der Waals surface area contributed by atoms with Gasteiger partial charge in [-0.25, -0.2) is 4.79 Å². The standard InChI is InChI=1S/C26H29N3O3/c1-28(17-19-6-4-3-5-7-19)22-11-9-21(10-12-22)27-26(31)29(23-13-14-23)18-20-8-15-24(30)25(16-20)32-2/h3-12,15-16,23,30H,13-14,17-18H2,1-2H3,(H,27,31). The first-order valence-corrected chi connectivity index (χ1v) is 10.8. The van der Waals surface area contributed by atoms with Gasteiger partial charge in [-0.15, -0.1) is 0 Å². The number of ether oxygens (including phenoxy) is 1. The number of nitrogens with zero attached hydrogens (tertiary/aromatic N) is 2. The number of anilines is 2. The third-order valence-corrected chi connectivity index (χ3v) is 5.67. The first-order valence-electron chi connectivity index (χ1n) is 10.8. The normalized spacial score (nSPS) is 12.8. The predicted molar refractivity (Wildman–Crippen MR) is 127 cm³/mol. The first-order chi connectivity index (χ1) is 15.5. The molecule has 166 valence electrons. The van der Waals surface area contributed by atoms with Crippen LogP contribution in [-0.2, 0) is 13.1 Å².